The van der Waals surface area contributed by atoms with Crippen LogP contribution in [0, 0.1) is 0 Å². The molecule has 0 spiro atoms. The van der Waals surface area contributed by atoms with Gasteiger partial charge in [-0.3, -0.25) is 0 Å². The van der Waals surface area contributed by atoms with Crippen molar-refractivity contribution in [2.45, 2.75) is 26.2 Å². The molecule has 0 saturated carbocycles. The Morgan fingerprint density at radius 1 is 1.33 bits per heavy atom. The van der Waals surface area contributed by atoms with E-state index in [2.05, 4.69) is 34.2 Å². The molecule has 0 nitrogen and oxygen atoms in total. The quantitative estimate of drug-likeness (QED) is 0.415. The summed E-state index contributed by atoms with van der Waals surface area (Å²) in [6, 6.07) is 0. The summed E-state index contributed by atoms with van der Waals surface area (Å²) < 4.78 is 0. The third-order valence-electron chi connectivity index (χ3n) is 0.737. The second-order valence-electron chi connectivity index (χ2n) is 1.50. The van der Waals surface area contributed by atoms with Gasteiger partial charge < -0.3 is 0 Å². The van der Waals surface area contributed by atoms with Gasteiger partial charge in [-0.05, 0) is 6.42 Å². The van der Waals surface area contributed by atoms with Crippen molar-refractivity contribution in [1.82, 2.24) is 0 Å². The molecule has 0 bridgehead atoms. The Bertz CT molecular complexity index is 34.1. The van der Waals surface area contributed by atoms with Gasteiger partial charge >= 0.3 is 40.5 Å². The summed E-state index contributed by atoms with van der Waals surface area (Å²) in [6.07, 6.45) is 3.73. The molecule has 0 amide bonds. The van der Waals surface area contributed by atoms with E-state index >= 15 is 0 Å². The van der Waals surface area contributed by atoms with E-state index < -0.39 is 0 Å². The number of hydrogen-bond acceptors (Lipinski definition) is 0. The third kappa shape index (κ3) is 25.8. The minimum absolute atomic E-state index is 0.250. The van der Waals surface area contributed by atoms with Gasteiger partial charge in [-0.15, -0.1) is 11.6 Å². The van der Waals surface area contributed by atoms with Crippen molar-refractivity contribution in [3.63, 3.8) is 0 Å². The van der Waals surface area contributed by atoms with Gasteiger partial charge in [0.2, 0.25) is 0 Å². The molecule has 0 unspecified atom stereocenters. The summed E-state index contributed by atoms with van der Waals surface area (Å²) in [5.74, 6) is 0.827. The summed E-state index contributed by atoms with van der Waals surface area (Å²) in [7, 11) is 0. The molecule has 0 aromatic rings. The van der Waals surface area contributed by atoms with Gasteiger partial charge in [-0.2, -0.15) is 0 Å². The fourth-order valence-corrected chi connectivity index (χ4v) is 0.533. The Hall–Kier alpha value is 1.87. The average Bonchev–Trinajstić information content (AvgIpc) is 1.86. The van der Waals surface area contributed by atoms with Crippen LogP contribution < -0.4 is 0 Å². The van der Waals surface area contributed by atoms with Crippen LogP contribution in [0.25, 0.3) is 0 Å². The predicted octanol–water partition coefficient (Wildman–Crippen LogP) is 4.10. The fraction of sp³-hybridized carbons (Fsp3) is 1.00. The predicted molar refractivity (Wildman–Crippen MR) is 48.1 cm³/mol. The number of rotatable bonds is 3. The van der Waals surface area contributed by atoms with Crippen molar-refractivity contribution >= 4 is 38.8 Å². The van der Waals surface area contributed by atoms with E-state index in [1.54, 1.807) is 0 Å². The van der Waals surface area contributed by atoms with E-state index in [0.717, 1.165) is 5.88 Å². The Kier molecular flexibility index (Phi) is 24.6. The standard InChI is InChI=1S/C5H11Cl.2BrH.Zn/c1-2-3-4-5-6;;;/h2-5H2,1H3;2*1H;/q;;;+2/p-2. The topological polar surface area (TPSA) is 0 Å². The Labute approximate surface area is 83.4 Å². The summed E-state index contributed by atoms with van der Waals surface area (Å²) in [5, 5.41) is 0. The summed E-state index contributed by atoms with van der Waals surface area (Å²) >= 11 is 11.6. The van der Waals surface area contributed by atoms with Crippen molar-refractivity contribution in [3.05, 3.63) is 0 Å². The van der Waals surface area contributed by atoms with Crippen LogP contribution in [-0.4, -0.2) is 5.88 Å². The van der Waals surface area contributed by atoms with Crippen molar-refractivity contribution in [1.29, 1.82) is 0 Å². The van der Waals surface area contributed by atoms with Gasteiger partial charge in [0, 0.05) is 5.88 Å². The van der Waals surface area contributed by atoms with Gasteiger partial charge in [0.05, 0.1) is 0 Å². The molecule has 0 saturated heterocycles. The number of halogens is 3. The second-order valence-corrected chi connectivity index (χ2v) is 15.9. The molecule has 0 rings (SSSR count). The van der Waals surface area contributed by atoms with Crippen LogP contribution in [0.4, 0.5) is 0 Å². The molecule has 0 radical (unpaired) electrons. The molecule has 0 atom stereocenters. The van der Waals surface area contributed by atoms with E-state index in [4.69, 9.17) is 11.6 Å². The van der Waals surface area contributed by atoms with Gasteiger partial charge in [0.25, 0.3) is 0 Å². The van der Waals surface area contributed by atoms with Crippen LogP contribution in [0.2, 0.25) is 0 Å². The molecule has 0 N–H and O–H groups in total. The monoisotopic (exact) mass is 328 g/mol. The molecule has 0 aliphatic heterocycles. The second kappa shape index (κ2) is 16.5. The number of unbranched alkanes of at least 4 members (excludes halogenated alkanes) is 2. The van der Waals surface area contributed by atoms with Crippen LogP contribution in [0.15, 0.2) is 0 Å². The zero-order chi connectivity index (χ0) is 7.54. The number of hydrogen-bond donors (Lipinski definition) is 0. The normalized spacial score (nSPS) is 7.11. The molecule has 0 fully saturated rings. The van der Waals surface area contributed by atoms with Gasteiger partial charge in [-0.25, -0.2) is 0 Å². The van der Waals surface area contributed by atoms with E-state index in [1.165, 1.54) is 19.3 Å². The molecule has 9 heavy (non-hydrogen) atoms. The van der Waals surface area contributed by atoms with Crippen molar-refractivity contribution in [2.75, 3.05) is 5.88 Å². The number of alkyl halides is 1. The summed E-state index contributed by atoms with van der Waals surface area (Å²) in [4.78, 5) is 0. The first-order valence-electron chi connectivity index (χ1n) is 3.01. The summed E-state index contributed by atoms with van der Waals surface area (Å²) in [5.41, 5.74) is 0. The Balaban J connectivity index is 0. The maximum atomic E-state index is 5.38. The Morgan fingerprint density at radius 3 is 1.89 bits per heavy atom. The minimum atomic E-state index is -0.250. The zero-order valence-corrected chi connectivity index (χ0v) is 12.6. The van der Waals surface area contributed by atoms with Crippen molar-refractivity contribution in [2.24, 2.45) is 0 Å². The molecule has 0 aromatic carbocycles. The SMILES string of the molecule is CCCCCCl.[Br][Zn][Br]. The van der Waals surface area contributed by atoms with Crippen LogP contribution in [0.1, 0.15) is 26.2 Å². The Morgan fingerprint density at radius 2 is 1.78 bits per heavy atom. The molecule has 0 aliphatic rings. The van der Waals surface area contributed by atoms with Crippen LogP contribution >= 0.6 is 38.8 Å². The van der Waals surface area contributed by atoms with Gasteiger partial charge in [0.1, 0.15) is 0 Å². The molecule has 54 valence electrons. The average molecular weight is 332 g/mol. The maximum absolute atomic E-state index is 5.38. The summed E-state index contributed by atoms with van der Waals surface area (Å²) in [6.45, 7) is 2.17. The third-order valence-corrected chi connectivity index (χ3v) is 1.00. The first-order chi connectivity index (χ1) is 4.33. The molecule has 0 aromatic heterocycles. The van der Waals surface area contributed by atoms with Crippen molar-refractivity contribution in [3.8, 4) is 0 Å². The van der Waals surface area contributed by atoms with E-state index in [9.17, 15) is 0 Å². The molecular weight excluding hydrogens is 321 g/mol. The fourth-order valence-electron chi connectivity index (χ4n) is 0.344. The van der Waals surface area contributed by atoms with Crippen LogP contribution in [0.3, 0.4) is 0 Å². The molecule has 0 aliphatic carbocycles. The zero-order valence-electron chi connectivity index (χ0n) is 5.67. The van der Waals surface area contributed by atoms with Gasteiger partial charge in [0.15, 0.2) is 0 Å². The first kappa shape index (κ1) is 13.5. The molecular formula is C5H11Br2ClZn. The molecule has 4 heteroatoms. The van der Waals surface area contributed by atoms with Crippen LogP contribution in [-0.2, 0) is 13.2 Å². The molecule has 0 heterocycles. The van der Waals surface area contributed by atoms with E-state index in [1.807, 2.05) is 0 Å². The van der Waals surface area contributed by atoms with Crippen LogP contribution in [0.5, 0.6) is 0 Å². The van der Waals surface area contributed by atoms with E-state index in [0.29, 0.717) is 0 Å². The van der Waals surface area contributed by atoms with E-state index in [-0.39, 0.29) is 13.2 Å². The first-order valence-corrected chi connectivity index (χ1v) is 17.4. The van der Waals surface area contributed by atoms with Crippen molar-refractivity contribution < 1.29 is 13.2 Å². The van der Waals surface area contributed by atoms with Gasteiger partial charge in [-0.1, -0.05) is 19.8 Å².